The van der Waals surface area contributed by atoms with E-state index in [4.69, 9.17) is 4.74 Å². The molecule has 0 spiro atoms. The second-order valence-corrected chi connectivity index (χ2v) is 7.74. The van der Waals surface area contributed by atoms with Crippen LogP contribution in [0.5, 0.6) is 5.75 Å². The van der Waals surface area contributed by atoms with Crippen molar-refractivity contribution >= 4 is 23.4 Å². The third-order valence-electron chi connectivity index (χ3n) is 5.69. The van der Waals surface area contributed by atoms with Crippen LogP contribution in [0.25, 0.3) is 0 Å². The number of aryl methyl sites for hydroxylation is 1. The average molecular weight is 412 g/mol. The minimum atomic E-state index is -0.355. The van der Waals surface area contributed by atoms with E-state index in [9.17, 15) is 14.4 Å². The Morgan fingerprint density at radius 2 is 1.65 bits per heavy atom. The minimum absolute atomic E-state index is 0.132. The van der Waals surface area contributed by atoms with Gasteiger partial charge >= 0.3 is 0 Å². The Balaban J connectivity index is 1.35. The molecule has 1 atom stereocenters. The number of anilines is 1. The summed E-state index contributed by atoms with van der Waals surface area (Å²) in [5, 5.41) is 3.07. The summed E-state index contributed by atoms with van der Waals surface area (Å²) >= 11 is 0. The molecule has 2 heterocycles. The zero-order chi connectivity index (χ0) is 21.5. The van der Waals surface area contributed by atoms with Crippen LogP contribution in [0.1, 0.15) is 54.7 Å². The van der Waals surface area contributed by atoms with Gasteiger partial charge in [0.1, 0.15) is 5.75 Å². The summed E-state index contributed by atoms with van der Waals surface area (Å²) in [5.41, 5.74) is 3.76. The normalized spacial score (nSPS) is 17.1. The van der Waals surface area contributed by atoms with Crippen LogP contribution < -0.4 is 15.0 Å². The molecule has 2 aliphatic heterocycles. The number of nitrogens with zero attached hydrogens (tertiary/aromatic N) is 1. The summed E-state index contributed by atoms with van der Waals surface area (Å²) in [6, 6.07) is 19.1. The van der Waals surface area contributed by atoms with Crippen molar-refractivity contribution in [3.05, 3.63) is 94.5 Å². The first kappa shape index (κ1) is 19.1. The lowest BCUT2D eigenvalue weighted by molar-refractivity contribution is 0.0915. The number of ether oxygens (including phenoxy) is 1. The number of carbonyl (C=O) groups is 3. The molecular weight excluding hydrogens is 392 g/mol. The third-order valence-corrected chi connectivity index (χ3v) is 5.69. The second-order valence-electron chi connectivity index (χ2n) is 7.74. The quantitative estimate of drug-likeness (QED) is 0.659. The number of rotatable bonds is 3. The van der Waals surface area contributed by atoms with Crippen LogP contribution in [-0.2, 0) is 0 Å². The Morgan fingerprint density at radius 3 is 2.32 bits per heavy atom. The van der Waals surface area contributed by atoms with E-state index in [1.165, 1.54) is 0 Å². The van der Waals surface area contributed by atoms with Crippen molar-refractivity contribution in [3.63, 3.8) is 0 Å². The fourth-order valence-electron chi connectivity index (χ4n) is 4.09. The molecule has 0 saturated heterocycles. The number of amides is 3. The number of nitrogens with one attached hydrogen (secondary N) is 1. The smallest absolute Gasteiger partial charge is 0.266 e. The monoisotopic (exact) mass is 412 g/mol. The van der Waals surface area contributed by atoms with Crippen LogP contribution in [0, 0.1) is 6.92 Å². The van der Waals surface area contributed by atoms with Gasteiger partial charge in [-0.1, -0.05) is 29.8 Å². The molecule has 6 heteroatoms. The van der Waals surface area contributed by atoms with E-state index in [0.717, 1.165) is 21.8 Å². The van der Waals surface area contributed by atoms with Gasteiger partial charge < -0.3 is 10.1 Å². The average Bonchev–Trinajstić information content (AvgIpc) is 3.04. The largest absolute Gasteiger partial charge is 0.493 e. The van der Waals surface area contributed by atoms with Crippen molar-refractivity contribution in [2.45, 2.75) is 19.4 Å². The molecule has 0 fully saturated rings. The van der Waals surface area contributed by atoms with Crippen LogP contribution in [0.2, 0.25) is 0 Å². The molecule has 5 rings (SSSR count). The van der Waals surface area contributed by atoms with Gasteiger partial charge in [0, 0.05) is 17.5 Å². The molecule has 1 N–H and O–H groups in total. The lowest BCUT2D eigenvalue weighted by Gasteiger charge is -2.27. The number of carbonyl (C=O) groups excluding carboxylic acids is 3. The SMILES string of the molecule is Cc1ccc2c(c1)C(NC(=O)c1ccc(N3C(=O)c4ccccc4C3=O)cc1)CCO2. The molecule has 6 nitrogen and oxygen atoms in total. The molecule has 154 valence electrons. The molecule has 3 aromatic rings. The zero-order valence-electron chi connectivity index (χ0n) is 16.9. The van der Waals surface area contributed by atoms with Crippen molar-refractivity contribution in [1.29, 1.82) is 0 Å². The van der Waals surface area contributed by atoms with Gasteiger partial charge in [0.15, 0.2) is 0 Å². The van der Waals surface area contributed by atoms with E-state index in [1.807, 2.05) is 25.1 Å². The Labute approximate surface area is 179 Å². The third kappa shape index (κ3) is 3.26. The first-order chi connectivity index (χ1) is 15.0. The molecule has 0 radical (unpaired) electrons. The van der Waals surface area contributed by atoms with Crippen LogP contribution >= 0.6 is 0 Å². The molecule has 2 aliphatic rings. The first-order valence-electron chi connectivity index (χ1n) is 10.1. The summed E-state index contributed by atoms with van der Waals surface area (Å²) in [7, 11) is 0. The summed E-state index contributed by atoms with van der Waals surface area (Å²) in [5.74, 6) is -0.129. The molecule has 0 saturated carbocycles. The summed E-state index contributed by atoms with van der Waals surface area (Å²) in [4.78, 5) is 39.3. The Hall–Kier alpha value is -3.93. The highest BCUT2D eigenvalue weighted by atomic mass is 16.5. The molecule has 0 bridgehead atoms. The Morgan fingerprint density at radius 1 is 0.968 bits per heavy atom. The number of hydrogen-bond donors (Lipinski definition) is 1. The van der Waals surface area contributed by atoms with Crippen molar-refractivity contribution in [2.75, 3.05) is 11.5 Å². The maximum atomic E-state index is 12.8. The maximum Gasteiger partial charge on any atom is 0.266 e. The maximum absolute atomic E-state index is 12.8. The van der Waals surface area contributed by atoms with E-state index in [2.05, 4.69) is 5.32 Å². The lowest BCUT2D eigenvalue weighted by Crippen LogP contribution is -2.32. The standard InChI is InChI=1S/C25H20N2O4/c1-15-6-11-22-20(14-15)21(12-13-31-22)26-23(28)16-7-9-17(10-8-16)27-24(29)18-4-2-3-5-19(18)25(27)30/h2-11,14,21H,12-13H2,1H3,(H,26,28). The number of hydrogen-bond acceptors (Lipinski definition) is 4. The van der Waals surface area contributed by atoms with Crippen LogP contribution in [-0.4, -0.2) is 24.3 Å². The van der Waals surface area contributed by atoms with E-state index in [1.54, 1.807) is 48.5 Å². The predicted molar refractivity (Wildman–Crippen MR) is 116 cm³/mol. The lowest BCUT2D eigenvalue weighted by atomic mass is 9.98. The minimum Gasteiger partial charge on any atom is -0.493 e. The van der Waals surface area contributed by atoms with E-state index < -0.39 is 0 Å². The van der Waals surface area contributed by atoms with E-state index in [-0.39, 0.29) is 23.8 Å². The number of fused-ring (bicyclic) bond motifs is 2. The predicted octanol–water partition coefficient (Wildman–Crippen LogP) is 4.05. The molecule has 31 heavy (non-hydrogen) atoms. The van der Waals surface area contributed by atoms with Gasteiger partial charge in [0.2, 0.25) is 0 Å². The zero-order valence-corrected chi connectivity index (χ0v) is 16.9. The summed E-state index contributed by atoms with van der Waals surface area (Å²) in [6.45, 7) is 2.55. The fraction of sp³-hybridized carbons (Fsp3) is 0.160. The Kier molecular flexibility index (Phi) is 4.55. The number of benzene rings is 3. The van der Waals surface area contributed by atoms with Gasteiger partial charge in [-0.3, -0.25) is 14.4 Å². The van der Waals surface area contributed by atoms with Crippen molar-refractivity contribution < 1.29 is 19.1 Å². The van der Waals surface area contributed by atoms with Gasteiger partial charge in [-0.25, -0.2) is 4.90 Å². The van der Waals surface area contributed by atoms with E-state index >= 15 is 0 Å². The van der Waals surface area contributed by atoms with Crippen molar-refractivity contribution in [3.8, 4) is 5.75 Å². The fourth-order valence-corrected chi connectivity index (χ4v) is 4.09. The topological polar surface area (TPSA) is 75.7 Å². The first-order valence-corrected chi connectivity index (χ1v) is 10.1. The molecule has 3 aromatic carbocycles. The van der Waals surface area contributed by atoms with Crippen molar-refractivity contribution in [2.24, 2.45) is 0 Å². The molecule has 1 unspecified atom stereocenters. The van der Waals surface area contributed by atoms with Crippen LogP contribution in [0.15, 0.2) is 66.7 Å². The molecular formula is C25H20N2O4. The summed E-state index contributed by atoms with van der Waals surface area (Å²) in [6.07, 6.45) is 0.690. The summed E-state index contributed by atoms with van der Waals surface area (Å²) < 4.78 is 5.69. The molecule has 0 aliphatic carbocycles. The van der Waals surface area contributed by atoms with Gasteiger partial charge in [-0.2, -0.15) is 0 Å². The molecule has 0 aromatic heterocycles. The number of imide groups is 1. The van der Waals surface area contributed by atoms with Crippen molar-refractivity contribution in [1.82, 2.24) is 5.32 Å². The highest BCUT2D eigenvalue weighted by Crippen LogP contribution is 2.33. The second kappa shape index (κ2) is 7.40. The highest BCUT2D eigenvalue weighted by Gasteiger charge is 2.36. The van der Waals surface area contributed by atoms with Gasteiger partial charge in [0.25, 0.3) is 17.7 Å². The van der Waals surface area contributed by atoms with Crippen LogP contribution in [0.3, 0.4) is 0 Å². The van der Waals surface area contributed by atoms with Gasteiger partial charge in [0.05, 0.1) is 29.5 Å². The van der Waals surface area contributed by atoms with Gasteiger partial charge in [-0.15, -0.1) is 0 Å². The highest BCUT2D eigenvalue weighted by molar-refractivity contribution is 6.34. The van der Waals surface area contributed by atoms with Gasteiger partial charge in [-0.05, 0) is 49.4 Å². The van der Waals surface area contributed by atoms with Crippen LogP contribution in [0.4, 0.5) is 5.69 Å². The van der Waals surface area contributed by atoms with E-state index in [0.29, 0.717) is 35.4 Å². The Bertz CT molecular complexity index is 1180. The molecule has 3 amide bonds.